The fourth-order valence-electron chi connectivity index (χ4n) is 2.75. The fraction of sp³-hybridized carbons (Fsp3) is 0.333. The topological polar surface area (TPSA) is 80.0 Å². The van der Waals surface area contributed by atoms with Gasteiger partial charge in [-0.25, -0.2) is 9.97 Å². The first-order valence-corrected chi connectivity index (χ1v) is 7.99. The summed E-state index contributed by atoms with van der Waals surface area (Å²) >= 11 is 6.29. The van der Waals surface area contributed by atoms with Crippen LogP contribution < -0.4 is 10.6 Å². The van der Waals surface area contributed by atoms with Gasteiger partial charge in [-0.2, -0.15) is 0 Å². The quantitative estimate of drug-likeness (QED) is 0.765. The molecule has 0 atom stereocenters. The predicted molar refractivity (Wildman–Crippen MR) is 88.5 cm³/mol. The van der Waals surface area contributed by atoms with Crippen LogP contribution in [0, 0.1) is 0 Å². The Morgan fingerprint density at radius 2 is 2.09 bits per heavy atom. The lowest BCUT2D eigenvalue weighted by Crippen LogP contribution is -2.35. The molecule has 0 saturated carbocycles. The molecule has 118 valence electrons. The van der Waals surface area contributed by atoms with Gasteiger partial charge in [0.25, 0.3) is 0 Å². The smallest absolute Gasteiger partial charge is 0.223 e. The molecule has 0 aromatic carbocycles. The van der Waals surface area contributed by atoms with Gasteiger partial charge in [-0.1, -0.05) is 17.7 Å². The zero-order valence-corrected chi connectivity index (χ0v) is 13.2. The zero-order valence-electron chi connectivity index (χ0n) is 12.4. The van der Waals surface area contributed by atoms with Gasteiger partial charge in [0.05, 0.1) is 11.2 Å². The molecule has 1 saturated heterocycles. The summed E-state index contributed by atoms with van der Waals surface area (Å²) in [7, 11) is 0. The molecule has 4 rings (SSSR count). The molecule has 7 nitrogen and oxygen atoms in total. The lowest BCUT2D eigenvalue weighted by Gasteiger charge is -2.23. The van der Waals surface area contributed by atoms with Crippen molar-refractivity contribution >= 4 is 23.2 Å². The summed E-state index contributed by atoms with van der Waals surface area (Å²) in [6, 6.07) is 6.10. The number of hydrogen-bond donors (Lipinski definition) is 2. The normalized spacial score (nSPS) is 15.9. The molecule has 0 aliphatic carbocycles. The maximum atomic E-state index is 6.29. The summed E-state index contributed by atoms with van der Waals surface area (Å²) in [5.74, 6) is 1.19. The van der Waals surface area contributed by atoms with Crippen molar-refractivity contribution in [1.29, 1.82) is 0 Å². The van der Waals surface area contributed by atoms with Gasteiger partial charge in [0.2, 0.25) is 5.95 Å². The van der Waals surface area contributed by atoms with Crippen molar-refractivity contribution in [3.8, 4) is 11.5 Å². The van der Waals surface area contributed by atoms with Crippen molar-refractivity contribution in [3.63, 3.8) is 0 Å². The first-order valence-electron chi connectivity index (χ1n) is 7.61. The van der Waals surface area contributed by atoms with E-state index < -0.39 is 0 Å². The van der Waals surface area contributed by atoms with Crippen LogP contribution in [0.25, 0.3) is 17.2 Å². The van der Waals surface area contributed by atoms with Crippen molar-refractivity contribution in [1.82, 2.24) is 29.9 Å². The Labute approximate surface area is 138 Å². The van der Waals surface area contributed by atoms with Crippen LogP contribution in [0.4, 0.5) is 5.95 Å². The van der Waals surface area contributed by atoms with E-state index in [1.54, 1.807) is 6.20 Å². The summed E-state index contributed by atoms with van der Waals surface area (Å²) in [4.78, 5) is 8.85. The second-order valence-electron chi connectivity index (χ2n) is 5.51. The van der Waals surface area contributed by atoms with E-state index in [4.69, 9.17) is 11.6 Å². The van der Waals surface area contributed by atoms with Crippen LogP contribution in [0.1, 0.15) is 12.8 Å². The van der Waals surface area contributed by atoms with Gasteiger partial charge in [-0.05, 0) is 38.1 Å². The third-order valence-corrected chi connectivity index (χ3v) is 4.22. The molecule has 23 heavy (non-hydrogen) atoms. The van der Waals surface area contributed by atoms with E-state index in [1.165, 1.54) is 0 Å². The average Bonchev–Trinajstić information content (AvgIpc) is 3.01. The van der Waals surface area contributed by atoms with Gasteiger partial charge in [-0.15, -0.1) is 10.2 Å². The highest BCUT2D eigenvalue weighted by molar-refractivity contribution is 6.32. The first kappa shape index (κ1) is 14.3. The van der Waals surface area contributed by atoms with Gasteiger partial charge in [0, 0.05) is 12.2 Å². The summed E-state index contributed by atoms with van der Waals surface area (Å²) in [6.07, 6.45) is 5.60. The summed E-state index contributed by atoms with van der Waals surface area (Å²) < 4.78 is 1.86. The highest BCUT2D eigenvalue weighted by Gasteiger charge is 2.17. The second-order valence-corrected chi connectivity index (χ2v) is 5.92. The number of nitrogens with zero attached hydrogens (tertiary/aromatic N) is 5. The first-order chi connectivity index (χ1) is 11.3. The number of aromatic nitrogens is 5. The molecule has 0 radical (unpaired) electrons. The number of pyridine rings is 1. The number of nitrogens with one attached hydrogen (secondary N) is 2. The van der Waals surface area contributed by atoms with Gasteiger partial charge >= 0.3 is 0 Å². The molecule has 0 bridgehead atoms. The van der Waals surface area contributed by atoms with Gasteiger partial charge in [0.1, 0.15) is 5.69 Å². The number of halogens is 1. The Hall–Kier alpha value is -2.25. The van der Waals surface area contributed by atoms with Crippen LogP contribution in [0.5, 0.6) is 0 Å². The van der Waals surface area contributed by atoms with E-state index in [2.05, 4.69) is 30.8 Å². The van der Waals surface area contributed by atoms with Crippen LogP contribution in [-0.4, -0.2) is 43.7 Å². The van der Waals surface area contributed by atoms with E-state index in [-0.39, 0.29) is 0 Å². The third kappa shape index (κ3) is 2.85. The molecule has 1 aliphatic heterocycles. The van der Waals surface area contributed by atoms with E-state index in [0.717, 1.165) is 31.6 Å². The predicted octanol–water partition coefficient (Wildman–Crippen LogP) is 2.00. The third-order valence-electron chi connectivity index (χ3n) is 3.94. The molecule has 4 heterocycles. The standard InChI is InChI=1S/C15H16ClN7/c16-11-9-18-15(19-10-4-6-17-7-5-10)20-13(11)14-22-21-12-3-1-2-8-23(12)14/h1-3,8-10,17H,4-7H2,(H,18,19,20). The Bertz CT molecular complexity index is 826. The Morgan fingerprint density at radius 1 is 1.22 bits per heavy atom. The lowest BCUT2D eigenvalue weighted by atomic mass is 10.1. The second kappa shape index (κ2) is 6.10. The number of hydrogen-bond acceptors (Lipinski definition) is 6. The molecule has 0 amide bonds. The van der Waals surface area contributed by atoms with Crippen LogP contribution >= 0.6 is 11.6 Å². The van der Waals surface area contributed by atoms with E-state index in [0.29, 0.717) is 28.5 Å². The fourth-order valence-corrected chi connectivity index (χ4v) is 2.92. The summed E-state index contributed by atoms with van der Waals surface area (Å²) in [5, 5.41) is 15.5. The van der Waals surface area contributed by atoms with Crippen molar-refractivity contribution < 1.29 is 0 Å². The van der Waals surface area contributed by atoms with E-state index >= 15 is 0 Å². The summed E-state index contributed by atoms with van der Waals surface area (Å²) in [6.45, 7) is 2.01. The van der Waals surface area contributed by atoms with Gasteiger partial charge < -0.3 is 10.6 Å². The van der Waals surface area contributed by atoms with Crippen molar-refractivity contribution in [2.24, 2.45) is 0 Å². The lowest BCUT2D eigenvalue weighted by molar-refractivity contribution is 0.477. The minimum Gasteiger partial charge on any atom is -0.351 e. The molecule has 3 aromatic rings. The molecule has 1 aliphatic rings. The Morgan fingerprint density at radius 3 is 2.96 bits per heavy atom. The molecule has 1 fully saturated rings. The highest BCUT2D eigenvalue weighted by Crippen LogP contribution is 2.25. The summed E-state index contributed by atoms with van der Waals surface area (Å²) in [5.41, 5.74) is 1.34. The number of rotatable bonds is 3. The van der Waals surface area contributed by atoms with Crippen molar-refractivity contribution in [2.75, 3.05) is 18.4 Å². The van der Waals surface area contributed by atoms with Crippen LogP contribution in [0.15, 0.2) is 30.6 Å². The van der Waals surface area contributed by atoms with E-state index in [1.807, 2.05) is 28.8 Å². The maximum absolute atomic E-state index is 6.29. The molecular weight excluding hydrogens is 314 g/mol. The molecular formula is C15H16ClN7. The van der Waals surface area contributed by atoms with Crippen molar-refractivity contribution in [2.45, 2.75) is 18.9 Å². The van der Waals surface area contributed by atoms with Crippen LogP contribution in [0.3, 0.4) is 0 Å². The average molecular weight is 330 g/mol. The molecule has 3 aromatic heterocycles. The largest absolute Gasteiger partial charge is 0.351 e. The minimum atomic E-state index is 0.375. The molecule has 2 N–H and O–H groups in total. The molecule has 0 spiro atoms. The highest BCUT2D eigenvalue weighted by atomic mass is 35.5. The number of piperidine rings is 1. The number of fused-ring (bicyclic) bond motifs is 1. The monoisotopic (exact) mass is 329 g/mol. The molecule has 8 heteroatoms. The Balaban J connectivity index is 1.69. The van der Waals surface area contributed by atoms with Crippen LogP contribution in [0.2, 0.25) is 5.02 Å². The SMILES string of the molecule is Clc1cnc(NC2CCNCC2)nc1-c1nnc2ccccn12. The van der Waals surface area contributed by atoms with E-state index in [9.17, 15) is 0 Å². The maximum Gasteiger partial charge on any atom is 0.223 e. The zero-order chi connectivity index (χ0) is 15.6. The number of anilines is 1. The van der Waals surface area contributed by atoms with Gasteiger partial charge in [-0.3, -0.25) is 4.40 Å². The van der Waals surface area contributed by atoms with Crippen LogP contribution in [-0.2, 0) is 0 Å². The Kier molecular flexibility index (Phi) is 3.80. The van der Waals surface area contributed by atoms with Gasteiger partial charge in [0.15, 0.2) is 11.5 Å². The molecule has 0 unspecified atom stereocenters. The minimum absolute atomic E-state index is 0.375. The van der Waals surface area contributed by atoms with Crippen molar-refractivity contribution in [3.05, 3.63) is 35.6 Å².